The van der Waals surface area contributed by atoms with Crippen LogP contribution in [0.1, 0.15) is 73.1 Å². The third kappa shape index (κ3) is 7.25. The van der Waals surface area contributed by atoms with Gasteiger partial charge in [-0.15, -0.1) is 0 Å². The van der Waals surface area contributed by atoms with Gasteiger partial charge in [0.15, 0.2) is 0 Å². The number of aryl methyl sites for hydroxylation is 1. The van der Waals surface area contributed by atoms with E-state index in [2.05, 4.69) is 10.2 Å². The number of nitrogens with zero attached hydrogens (tertiary/aromatic N) is 3. The average molecular weight is 627 g/mol. The van der Waals surface area contributed by atoms with Gasteiger partial charge in [0.05, 0.1) is 31.8 Å². The van der Waals surface area contributed by atoms with Crippen LogP contribution in [0.3, 0.4) is 0 Å². The molecule has 3 aromatic rings. The second kappa shape index (κ2) is 13.3. The summed E-state index contributed by atoms with van der Waals surface area (Å²) in [5.41, 5.74) is 3.90. The van der Waals surface area contributed by atoms with Crippen molar-refractivity contribution in [3.05, 3.63) is 58.8 Å². The molecule has 0 bridgehead atoms. The van der Waals surface area contributed by atoms with Gasteiger partial charge in [-0.2, -0.15) is 0 Å². The van der Waals surface area contributed by atoms with Gasteiger partial charge in [0.25, 0.3) is 6.43 Å². The Balaban J connectivity index is 1.54. The Hall–Kier alpha value is -3.70. The number of benzene rings is 2. The lowest BCUT2D eigenvalue weighted by Gasteiger charge is -2.42. The van der Waals surface area contributed by atoms with Crippen molar-refractivity contribution in [2.24, 2.45) is 0 Å². The van der Waals surface area contributed by atoms with E-state index in [-0.39, 0.29) is 18.6 Å². The van der Waals surface area contributed by atoms with Crippen molar-refractivity contribution in [2.45, 2.75) is 77.6 Å². The quantitative estimate of drug-likeness (QED) is 0.266. The molecule has 0 amide bonds. The third-order valence-electron chi connectivity index (χ3n) is 8.67. The van der Waals surface area contributed by atoms with E-state index in [4.69, 9.17) is 14.2 Å². The molecule has 1 N–H and O–H groups in total. The van der Waals surface area contributed by atoms with E-state index >= 15 is 0 Å². The first-order valence-corrected chi connectivity index (χ1v) is 15.5. The average Bonchev–Trinajstić information content (AvgIpc) is 3.41. The highest BCUT2D eigenvalue weighted by Gasteiger charge is 2.32. The highest BCUT2D eigenvalue weighted by atomic mass is 19.3. The van der Waals surface area contributed by atoms with Crippen molar-refractivity contribution >= 4 is 28.7 Å². The van der Waals surface area contributed by atoms with Crippen LogP contribution < -0.4 is 10.1 Å². The standard InChI is InChI=1S/C34H44F2N4O5/c1-21-16-29(43-5)26(24-12-13-40(31(21)24)33(42)45-34(2,3)4)18-39-15-14-38(20-30(35)36)19-28(39)22-10-11-25(32(41)44-6)27(17-22)37-23-8-7-9-23/h10-13,16-17,23,28,30,37H,7-9,14-15,18-20H2,1-6H3. The van der Waals surface area contributed by atoms with Crippen LogP contribution in [-0.4, -0.2) is 84.9 Å². The largest absolute Gasteiger partial charge is 0.496 e. The van der Waals surface area contributed by atoms with Crippen molar-refractivity contribution in [2.75, 3.05) is 45.7 Å². The molecule has 9 nitrogen and oxygen atoms in total. The molecular weight excluding hydrogens is 582 g/mol. The number of fused-ring (bicyclic) bond motifs is 1. The third-order valence-corrected chi connectivity index (χ3v) is 8.67. The molecule has 5 rings (SSSR count). The van der Waals surface area contributed by atoms with E-state index in [1.807, 2.05) is 52.0 Å². The fourth-order valence-electron chi connectivity index (χ4n) is 6.27. The first kappa shape index (κ1) is 32.7. The van der Waals surface area contributed by atoms with E-state index in [1.54, 1.807) is 24.3 Å². The van der Waals surface area contributed by atoms with Gasteiger partial charge < -0.3 is 19.5 Å². The molecule has 0 spiro atoms. The molecule has 2 fully saturated rings. The van der Waals surface area contributed by atoms with Gasteiger partial charge in [-0.1, -0.05) is 6.07 Å². The number of anilines is 1. The second-order valence-electron chi connectivity index (χ2n) is 13.0. The minimum Gasteiger partial charge on any atom is -0.496 e. The topological polar surface area (TPSA) is 85.3 Å². The maximum absolute atomic E-state index is 13.5. The molecule has 11 heteroatoms. The van der Waals surface area contributed by atoms with Crippen molar-refractivity contribution in [3.63, 3.8) is 0 Å². The molecule has 1 atom stereocenters. The number of esters is 1. The number of carbonyl (C=O) groups is 2. The summed E-state index contributed by atoms with van der Waals surface area (Å²) < 4.78 is 45.2. The number of piperazine rings is 1. The Morgan fingerprint density at radius 3 is 2.47 bits per heavy atom. The summed E-state index contributed by atoms with van der Waals surface area (Å²) in [6.45, 7) is 8.97. The fourth-order valence-corrected chi connectivity index (χ4v) is 6.27. The fraction of sp³-hybridized carbons (Fsp3) is 0.529. The van der Waals surface area contributed by atoms with Crippen molar-refractivity contribution in [3.8, 4) is 5.75 Å². The van der Waals surface area contributed by atoms with Gasteiger partial charge in [-0.3, -0.25) is 14.4 Å². The van der Waals surface area contributed by atoms with Crippen LogP contribution in [0.4, 0.5) is 19.3 Å². The minimum atomic E-state index is -2.45. The van der Waals surface area contributed by atoms with E-state index in [0.29, 0.717) is 43.2 Å². The SMILES string of the molecule is COC(=O)c1ccc(C2CN(CC(F)F)CCN2Cc2c(OC)cc(C)c3c2ccn3C(=O)OC(C)(C)C)cc1NC1CCC1. The molecule has 2 aliphatic rings. The Morgan fingerprint density at radius 1 is 1.09 bits per heavy atom. The Morgan fingerprint density at radius 2 is 1.84 bits per heavy atom. The van der Waals surface area contributed by atoms with E-state index in [0.717, 1.165) is 46.9 Å². The Kier molecular flexibility index (Phi) is 9.69. The molecule has 1 aliphatic carbocycles. The molecule has 1 saturated heterocycles. The van der Waals surface area contributed by atoms with Gasteiger partial charge in [-0.25, -0.2) is 18.4 Å². The van der Waals surface area contributed by atoms with Crippen LogP contribution in [0.15, 0.2) is 36.5 Å². The monoisotopic (exact) mass is 626 g/mol. The van der Waals surface area contributed by atoms with Gasteiger partial charge in [0, 0.05) is 61.1 Å². The van der Waals surface area contributed by atoms with E-state index in [1.165, 1.54) is 11.7 Å². The number of aromatic nitrogens is 1. The molecule has 2 heterocycles. The first-order valence-electron chi connectivity index (χ1n) is 15.5. The summed E-state index contributed by atoms with van der Waals surface area (Å²) in [6, 6.07) is 9.47. The number of nitrogens with one attached hydrogen (secondary N) is 1. The molecule has 244 valence electrons. The normalized spacial score (nSPS) is 18.2. The number of halogens is 2. The maximum atomic E-state index is 13.5. The molecule has 1 aliphatic heterocycles. The van der Waals surface area contributed by atoms with Crippen LogP contribution in [0.5, 0.6) is 5.75 Å². The molecule has 0 radical (unpaired) electrons. The highest BCUT2D eigenvalue weighted by Crippen LogP contribution is 2.37. The van der Waals surface area contributed by atoms with Crippen LogP contribution in [0.2, 0.25) is 0 Å². The molecule has 45 heavy (non-hydrogen) atoms. The predicted molar refractivity (Wildman–Crippen MR) is 169 cm³/mol. The predicted octanol–water partition coefficient (Wildman–Crippen LogP) is 6.62. The zero-order valence-corrected chi connectivity index (χ0v) is 27.0. The number of methoxy groups -OCH3 is 2. The van der Waals surface area contributed by atoms with Crippen molar-refractivity contribution in [1.82, 2.24) is 14.4 Å². The Labute approximate surface area is 263 Å². The highest BCUT2D eigenvalue weighted by molar-refractivity contribution is 5.96. The van der Waals surface area contributed by atoms with E-state index < -0.39 is 24.1 Å². The van der Waals surface area contributed by atoms with Crippen molar-refractivity contribution in [1.29, 1.82) is 0 Å². The van der Waals surface area contributed by atoms with Crippen molar-refractivity contribution < 1.29 is 32.6 Å². The second-order valence-corrected chi connectivity index (χ2v) is 13.0. The van der Waals surface area contributed by atoms with Crippen LogP contribution >= 0.6 is 0 Å². The number of ether oxygens (including phenoxy) is 3. The number of hydrogen-bond acceptors (Lipinski definition) is 8. The zero-order valence-electron chi connectivity index (χ0n) is 27.0. The summed E-state index contributed by atoms with van der Waals surface area (Å²) in [5, 5.41) is 4.37. The van der Waals surface area contributed by atoms with Crippen LogP contribution in [0.25, 0.3) is 10.9 Å². The van der Waals surface area contributed by atoms with Gasteiger partial charge in [0.2, 0.25) is 0 Å². The Bertz CT molecular complexity index is 1550. The smallest absolute Gasteiger partial charge is 0.419 e. The first-order chi connectivity index (χ1) is 21.4. The van der Waals surface area contributed by atoms with Crippen LogP contribution in [0, 0.1) is 6.92 Å². The summed E-state index contributed by atoms with van der Waals surface area (Å²) in [7, 11) is 2.98. The summed E-state index contributed by atoms with van der Waals surface area (Å²) in [6.07, 6.45) is 1.98. The minimum absolute atomic E-state index is 0.250. The lowest BCUT2D eigenvalue weighted by Crippen LogP contribution is -2.49. The molecule has 2 aromatic carbocycles. The molecule has 1 unspecified atom stereocenters. The van der Waals surface area contributed by atoms with Gasteiger partial charge in [0.1, 0.15) is 11.4 Å². The molecule has 1 saturated carbocycles. The lowest BCUT2D eigenvalue weighted by atomic mass is 9.92. The summed E-state index contributed by atoms with van der Waals surface area (Å²) in [5.74, 6) is 0.258. The summed E-state index contributed by atoms with van der Waals surface area (Å²) >= 11 is 0. The molecule has 1 aromatic heterocycles. The molecular formula is C34H44F2N4O5. The number of alkyl halides is 2. The lowest BCUT2D eigenvalue weighted by molar-refractivity contribution is 0.0245. The van der Waals surface area contributed by atoms with E-state index in [9.17, 15) is 18.4 Å². The zero-order chi connectivity index (χ0) is 32.5. The van der Waals surface area contributed by atoms with Crippen LogP contribution in [-0.2, 0) is 16.0 Å². The van der Waals surface area contributed by atoms with Gasteiger partial charge in [-0.05, 0) is 82.3 Å². The number of carbonyl (C=O) groups excluding carboxylic acids is 2. The number of rotatable bonds is 9. The maximum Gasteiger partial charge on any atom is 0.419 e. The summed E-state index contributed by atoms with van der Waals surface area (Å²) in [4.78, 5) is 29.8. The number of hydrogen-bond donors (Lipinski definition) is 1. The van der Waals surface area contributed by atoms with Gasteiger partial charge >= 0.3 is 12.1 Å².